The summed E-state index contributed by atoms with van der Waals surface area (Å²) in [7, 11) is 0. The topological polar surface area (TPSA) is 43.1 Å². The van der Waals surface area contributed by atoms with Gasteiger partial charge in [0.05, 0.1) is 5.25 Å². The molecule has 0 aromatic rings. The van der Waals surface area contributed by atoms with Crippen LogP contribution in [-0.2, 0) is 4.79 Å². The number of primary amides is 1. The van der Waals surface area contributed by atoms with E-state index in [9.17, 15) is 4.79 Å². The molecule has 1 unspecified atom stereocenters. The van der Waals surface area contributed by atoms with E-state index in [-0.39, 0.29) is 11.2 Å². The van der Waals surface area contributed by atoms with Crippen LogP contribution >= 0.6 is 12.6 Å². The van der Waals surface area contributed by atoms with E-state index in [2.05, 4.69) is 19.6 Å². The van der Waals surface area contributed by atoms with Crippen molar-refractivity contribution >= 4 is 18.5 Å². The molecular weight excluding hydrogens is 146 g/mol. The van der Waals surface area contributed by atoms with Gasteiger partial charge in [0, 0.05) is 0 Å². The number of nitrogens with two attached hydrogens (primary N) is 1. The molecule has 0 spiro atoms. The summed E-state index contributed by atoms with van der Waals surface area (Å²) in [6, 6.07) is 0. The summed E-state index contributed by atoms with van der Waals surface area (Å²) in [6.45, 7) is 2.12. The highest BCUT2D eigenvalue weighted by Gasteiger charge is 2.07. The van der Waals surface area contributed by atoms with E-state index >= 15 is 0 Å². The molecule has 1 amide bonds. The second kappa shape index (κ2) is 5.59. The van der Waals surface area contributed by atoms with Crippen LogP contribution < -0.4 is 5.73 Å². The van der Waals surface area contributed by atoms with Crippen molar-refractivity contribution in [3.8, 4) is 0 Å². The average Bonchev–Trinajstić information content (AvgIpc) is 1.88. The molecule has 2 nitrogen and oxygen atoms in total. The Morgan fingerprint density at radius 3 is 2.60 bits per heavy atom. The van der Waals surface area contributed by atoms with Gasteiger partial charge in [-0.25, -0.2) is 0 Å². The van der Waals surface area contributed by atoms with Crippen molar-refractivity contribution in [2.75, 3.05) is 0 Å². The first-order chi connectivity index (χ1) is 4.68. The molecule has 0 saturated carbocycles. The molecule has 0 radical (unpaired) electrons. The van der Waals surface area contributed by atoms with Crippen molar-refractivity contribution in [3.05, 3.63) is 0 Å². The number of carbonyl (C=O) groups is 1. The zero-order chi connectivity index (χ0) is 7.98. The van der Waals surface area contributed by atoms with Gasteiger partial charge in [-0.05, 0) is 6.42 Å². The maximum absolute atomic E-state index is 10.4. The lowest BCUT2D eigenvalue weighted by Crippen LogP contribution is -2.23. The van der Waals surface area contributed by atoms with Crippen molar-refractivity contribution in [1.82, 2.24) is 0 Å². The third kappa shape index (κ3) is 4.68. The Hall–Kier alpha value is -0.180. The predicted molar refractivity (Wildman–Crippen MR) is 46.1 cm³/mol. The van der Waals surface area contributed by atoms with E-state index in [4.69, 9.17) is 5.73 Å². The summed E-state index contributed by atoms with van der Waals surface area (Å²) in [4.78, 5) is 10.4. The van der Waals surface area contributed by atoms with Crippen LogP contribution in [0.25, 0.3) is 0 Å². The van der Waals surface area contributed by atoms with Crippen LogP contribution in [-0.4, -0.2) is 11.2 Å². The normalized spacial score (nSPS) is 13.0. The maximum atomic E-state index is 10.4. The van der Waals surface area contributed by atoms with Crippen LogP contribution in [0.4, 0.5) is 0 Å². The molecule has 0 saturated heterocycles. The molecule has 0 aliphatic carbocycles. The number of amides is 1. The van der Waals surface area contributed by atoms with Gasteiger partial charge in [0.2, 0.25) is 5.91 Å². The molecule has 0 aliphatic heterocycles. The number of hydrogen-bond acceptors (Lipinski definition) is 2. The Morgan fingerprint density at radius 1 is 1.60 bits per heavy atom. The van der Waals surface area contributed by atoms with E-state index in [0.717, 1.165) is 19.3 Å². The lowest BCUT2D eigenvalue weighted by molar-refractivity contribution is -0.117. The average molecular weight is 161 g/mol. The molecule has 1 atom stereocenters. The fraction of sp³-hybridized carbons (Fsp3) is 0.857. The molecule has 0 fully saturated rings. The smallest absolute Gasteiger partial charge is 0.230 e. The first-order valence-corrected chi connectivity index (χ1v) is 4.17. The Bertz CT molecular complexity index is 106. The zero-order valence-electron chi connectivity index (χ0n) is 6.34. The summed E-state index contributed by atoms with van der Waals surface area (Å²) >= 11 is 4.02. The van der Waals surface area contributed by atoms with Gasteiger partial charge in [0.15, 0.2) is 0 Å². The number of thiol groups is 1. The van der Waals surface area contributed by atoms with Crippen molar-refractivity contribution in [3.63, 3.8) is 0 Å². The largest absolute Gasteiger partial charge is 0.369 e. The van der Waals surface area contributed by atoms with Gasteiger partial charge < -0.3 is 5.73 Å². The molecule has 3 heteroatoms. The van der Waals surface area contributed by atoms with Crippen molar-refractivity contribution < 1.29 is 4.79 Å². The Balaban J connectivity index is 3.21. The van der Waals surface area contributed by atoms with Crippen LogP contribution in [0.15, 0.2) is 0 Å². The molecular formula is C7H15NOS. The van der Waals surface area contributed by atoms with Crippen LogP contribution in [0.1, 0.15) is 32.6 Å². The first-order valence-electron chi connectivity index (χ1n) is 3.66. The van der Waals surface area contributed by atoms with Crippen LogP contribution in [0.5, 0.6) is 0 Å². The SMILES string of the molecule is CCCCCC(S)C(N)=O. The van der Waals surface area contributed by atoms with E-state index in [0.29, 0.717) is 0 Å². The zero-order valence-corrected chi connectivity index (χ0v) is 7.23. The fourth-order valence-electron chi connectivity index (χ4n) is 0.730. The van der Waals surface area contributed by atoms with Gasteiger partial charge in [-0.15, -0.1) is 0 Å². The highest BCUT2D eigenvalue weighted by atomic mass is 32.1. The molecule has 0 aromatic carbocycles. The van der Waals surface area contributed by atoms with E-state index in [1.807, 2.05) is 0 Å². The maximum Gasteiger partial charge on any atom is 0.230 e. The summed E-state index contributed by atoms with van der Waals surface area (Å²) < 4.78 is 0. The van der Waals surface area contributed by atoms with Gasteiger partial charge in [-0.2, -0.15) is 12.6 Å². The van der Waals surface area contributed by atoms with Gasteiger partial charge >= 0.3 is 0 Å². The number of rotatable bonds is 5. The Labute approximate surface area is 67.6 Å². The number of unbranched alkanes of at least 4 members (excludes halogenated alkanes) is 2. The van der Waals surface area contributed by atoms with Crippen molar-refractivity contribution in [2.24, 2.45) is 5.73 Å². The second-order valence-electron chi connectivity index (χ2n) is 2.41. The molecule has 10 heavy (non-hydrogen) atoms. The highest BCUT2D eigenvalue weighted by molar-refractivity contribution is 7.81. The third-order valence-electron chi connectivity index (χ3n) is 1.41. The monoisotopic (exact) mass is 161 g/mol. The number of carbonyl (C=O) groups excluding carboxylic acids is 1. The highest BCUT2D eigenvalue weighted by Crippen LogP contribution is 2.07. The van der Waals surface area contributed by atoms with E-state index in [1.54, 1.807) is 0 Å². The van der Waals surface area contributed by atoms with E-state index in [1.165, 1.54) is 6.42 Å². The lowest BCUT2D eigenvalue weighted by atomic mass is 10.1. The molecule has 60 valence electrons. The lowest BCUT2D eigenvalue weighted by Gasteiger charge is -2.03. The van der Waals surface area contributed by atoms with Crippen LogP contribution in [0.2, 0.25) is 0 Å². The molecule has 0 bridgehead atoms. The molecule has 0 rings (SSSR count). The molecule has 0 heterocycles. The Kier molecular flexibility index (Phi) is 5.49. The summed E-state index contributed by atoms with van der Waals surface area (Å²) in [5.74, 6) is -0.306. The van der Waals surface area contributed by atoms with Crippen molar-refractivity contribution in [2.45, 2.75) is 37.9 Å². The Morgan fingerprint density at radius 2 is 2.20 bits per heavy atom. The first kappa shape index (κ1) is 9.82. The summed E-state index contributed by atoms with van der Waals surface area (Å²) in [5.41, 5.74) is 5.00. The quantitative estimate of drug-likeness (QED) is 0.464. The van der Waals surface area contributed by atoms with Gasteiger partial charge in [0.25, 0.3) is 0 Å². The minimum atomic E-state index is -0.306. The number of hydrogen-bond donors (Lipinski definition) is 2. The van der Waals surface area contributed by atoms with Crippen LogP contribution in [0.3, 0.4) is 0 Å². The minimum Gasteiger partial charge on any atom is -0.369 e. The second-order valence-corrected chi connectivity index (χ2v) is 3.04. The van der Waals surface area contributed by atoms with Gasteiger partial charge in [0.1, 0.15) is 0 Å². The standard InChI is InChI=1S/C7H15NOS/c1-2-3-4-5-6(10)7(8)9/h6,10H,2-5H2,1H3,(H2,8,9). The summed E-state index contributed by atoms with van der Waals surface area (Å²) in [6.07, 6.45) is 4.18. The molecule has 2 N–H and O–H groups in total. The van der Waals surface area contributed by atoms with Crippen LogP contribution in [0, 0.1) is 0 Å². The third-order valence-corrected chi connectivity index (χ3v) is 1.92. The molecule has 0 aliphatic rings. The summed E-state index contributed by atoms with van der Waals surface area (Å²) in [5, 5.41) is -0.244. The van der Waals surface area contributed by atoms with Gasteiger partial charge in [-0.1, -0.05) is 26.2 Å². The van der Waals surface area contributed by atoms with E-state index < -0.39 is 0 Å². The van der Waals surface area contributed by atoms with Crippen molar-refractivity contribution in [1.29, 1.82) is 0 Å². The molecule has 0 aromatic heterocycles. The minimum absolute atomic E-state index is 0.244. The fourth-order valence-corrected chi connectivity index (χ4v) is 0.913. The predicted octanol–water partition coefficient (Wildman–Crippen LogP) is 1.35. The van der Waals surface area contributed by atoms with Gasteiger partial charge in [-0.3, -0.25) is 4.79 Å².